The number of carbonyl (C=O) groups excluding carboxylic acids is 1. The highest BCUT2D eigenvalue weighted by Gasteiger charge is 2.30. The zero-order valence-electron chi connectivity index (χ0n) is 17.8. The summed E-state index contributed by atoms with van der Waals surface area (Å²) in [6, 6.07) is 10.1. The van der Waals surface area contributed by atoms with Gasteiger partial charge in [-0.05, 0) is 48.9 Å². The number of amides is 1. The maximum atomic E-state index is 12.8. The minimum Gasteiger partial charge on any atom is -0.493 e. The molecule has 174 valence electrons. The van der Waals surface area contributed by atoms with Gasteiger partial charge in [0.1, 0.15) is 0 Å². The largest absolute Gasteiger partial charge is 0.493 e. The fourth-order valence-electron chi connectivity index (χ4n) is 2.76. The molecule has 0 saturated carbocycles. The second kappa shape index (κ2) is 10.8. The normalized spacial score (nSPS) is 11.4. The van der Waals surface area contributed by atoms with Crippen LogP contribution in [-0.4, -0.2) is 30.8 Å². The Kier molecular flexibility index (Phi) is 7.88. The molecular formula is C22H21F3N4O3S. The van der Waals surface area contributed by atoms with Crippen LogP contribution in [0.2, 0.25) is 0 Å². The Bertz CT molecular complexity index is 1130. The number of hydrogen-bond donors (Lipinski definition) is 2. The maximum absolute atomic E-state index is 12.8. The van der Waals surface area contributed by atoms with Crippen LogP contribution in [0, 0.1) is 0 Å². The summed E-state index contributed by atoms with van der Waals surface area (Å²) in [7, 11) is 1.53. The minimum absolute atomic E-state index is 0.0370. The van der Waals surface area contributed by atoms with E-state index in [4.69, 9.17) is 9.47 Å². The van der Waals surface area contributed by atoms with Crippen LogP contribution in [-0.2, 0) is 17.4 Å². The van der Waals surface area contributed by atoms with Gasteiger partial charge in [-0.15, -0.1) is 11.3 Å². The van der Waals surface area contributed by atoms with Crippen molar-refractivity contribution in [3.63, 3.8) is 0 Å². The molecule has 1 aromatic heterocycles. The average molecular weight is 478 g/mol. The molecule has 0 saturated heterocycles. The van der Waals surface area contributed by atoms with E-state index in [2.05, 4.69) is 20.8 Å². The van der Waals surface area contributed by atoms with Crippen molar-refractivity contribution in [2.45, 2.75) is 19.5 Å². The SMILES string of the molecule is CCOc1ccc(/C=N/NC(=O)Cc2csc(Nc3cccc(C(F)(F)F)c3)n2)cc1OC. The van der Waals surface area contributed by atoms with E-state index in [1.807, 2.05) is 6.92 Å². The van der Waals surface area contributed by atoms with Gasteiger partial charge >= 0.3 is 6.18 Å². The van der Waals surface area contributed by atoms with Crippen LogP contribution in [0.25, 0.3) is 0 Å². The number of carbonyl (C=O) groups is 1. The highest BCUT2D eigenvalue weighted by atomic mass is 32.1. The van der Waals surface area contributed by atoms with Crippen LogP contribution in [0.3, 0.4) is 0 Å². The molecule has 0 aliphatic rings. The molecule has 2 N–H and O–H groups in total. The summed E-state index contributed by atoms with van der Waals surface area (Å²) in [6.45, 7) is 2.38. The fraction of sp³-hybridized carbons (Fsp3) is 0.227. The van der Waals surface area contributed by atoms with Gasteiger partial charge in [-0.3, -0.25) is 4.79 Å². The zero-order chi connectivity index (χ0) is 23.8. The molecule has 0 unspecified atom stereocenters. The van der Waals surface area contributed by atoms with Crippen molar-refractivity contribution in [2.75, 3.05) is 19.0 Å². The number of anilines is 2. The predicted molar refractivity (Wildman–Crippen MR) is 120 cm³/mol. The van der Waals surface area contributed by atoms with Crippen molar-refractivity contribution in [3.05, 3.63) is 64.7 Å². The number of ether oxygens (including phenoxy) is 2. The van der Waals surface area contributed by atoms with Crippen molar-refractivity contribution in [1.82, 2.24) is 10.4 Å². The number of hydrazone groups is 1. The van der Waals surface area contributed by atoms with E-state index < -0.39 is 11.7 Å². The number of thiazole rings is 1. The van der Waals surface area contributed by atoms with Gasteiger partial charge in [-0.25, -0.2) is 10.4 Å². The first-order valence-electron chi connectivity index (χ1n) is 9.80. The lowest BCUT2D eigenvalue weighted by atomic mass is 10.2. The second-order valence-corrected chi connectivity index (χ2v) is 7.52. The Labute approximate surface area is 192 Å². The Morgan fingerprint density at radius 3 is 2.76 bits per heavy atom. The molecule has 33 heavy (non-hydrogen) atoms. The first-order valence-corrected chi connectivity index (χ1v) is 10.7. The van der Waals surface area contributed by atoms with Crippen molar-refractivity contribution >= 4 is 34.3 Å². The number of methoxy groups -OCH3 is 1. The van der Waals surface area contributed by atoms with Crippen LogP contribution in [0.15, 0.2) is 52.9 Å². The van der Waals surface area contributed by atoms with Gasteiger partial charge in [-0.1, -0.05) is 6.07 Å². The molecule has 0 bridgehead atoms. The number of nitrogens with one attached hydrogen (secondary N) is 2. The van der Waals surface area contributed by atoms with E-state index >= 15 is 0 Å². The average Bonchev–Trinajstić information content (AvgIpc) is 3.21. The van der Waals surface area contributed by atoms with Gasteiger partial charge in [-0.2, -0.15) is 18.3 Å². The summed E-state index contributed by atoms with van der Waals surface area (Å²) in [5.41, 5.74) is 3.08. The molecule has 0 spiro atoms. The lowest BCUT2D eigenvalue weighted by molar-refractivity contribution is -0.137. The monoisotopic (exact) mass is 478 g/mol. The van der Waals surface area contributed by atoms with E-state index in [0.717, 1.165) is 12.1 Å². The summed E-state index contributed by atoms with van der Waals surface area (Å²) >= 11 is 1.18. The lowest BCUT2D eigenvalue weighted by Gasteiger charge is -2.09. The fourth-order valence-corrected chi connectivity index (χ4v) is 3.49. The molecule has 0 fully saturated rings. The smallest absolute Gasteiger partial charge is 0.416 e. The summed E-state index contributed by atoms with van der Waals surface area (Å²) in [6.07, 6.45) is -3.00. The summed E-state index contributed by atoms with van der Waals surface area (Å²) in [5.74, 6) is 0.773. The summed E-state index contributed by atoms with van der Waals surface area (Å²) in [5, 5.41) is 8.78. The van der Waals surface area contributed by atoms with Crippen LogP contribution in [0.1, 0.15) is 23.7 Å². The third kappa shape index (κ3) is 6.94. The van der Waals surface area contributed by atoms with E-state index in [1.54, 1.807) is 23.6 Å². The molecule has 7 nitrogen and oxygen atoms in total. The lowest BCUT2D eigenvalue weighted by Crippen LogP contribution is -2.19. The molecule has 0 aliphatic heterocycles. The third-order valence-electron chi connectivity index (χ3n) is 4.22. The van der Waals surface area contributed by atoms with Gasteiger partial charge in [0.05, 0.1) is 37.6 Å². The van der Waals surface area contributed by atoms with Gasteiger partial charge < -0.3 is 14.8 Å². The zero-order valence-corrected chi connectivity index (χ0v) is 18.6. The number of aromatic nitrogens is 1. The van der Waals surface area contributed by atoms with Crippen LogP contribution >= 0.6 is 11.3 Å². The number of benzene rings is 2. The van der Waals surface area contributed by atoms with E-state index in [1.165, 1.54) is 36.8 Å². The van der Waals surface area contributed by atoms with Gasteiger partial charge in [0.15, 0.2) is 16.6 Å². The quantitative estimate of drug-likeness (QED) is 0.334. The van der Waals surface area contributed by atoms with E-state index in [0.29, 0.717) is 34.5 Å². The van der Waals surface area contributed by atoms with E-state index in [9.17, 15) is 18.0 Å². The molecule has 3 rings (SSSR count). The van der Waals surface area contributed by atoms with Crippen LogP contribution < -0.4 is 20.2 Å². The van der Waals surface area contributed by atoms with E-state index in [-0.39, 0.29) is 18.0 Å². The number of halogens is 3. The Morgan fingerprint density at radius 2 is 2.03 bits per heavy atom. The van der Waals surface area contributed by atoms with Crippen LogP contribution in [0.4, 0.5) is 24.0 Å². The van der Waals surface area contributed by atoms with Crippen molar-refractivity contribution < 1.29 is 27.4 Å². The molecule has 2 aromatic carbocycles. The number of hydrogen-bond acceptors (Lipinski definition) is 7. The summed E-state index contributed by atoms with van der Waals surface area (Å²) in [4.78, 5) is 16.4. The van der Waals surface area contributed by atoms with Crippen LogP contribution in [0.5, 0.6) is 11.5 Å². The molecule has 1 heterocycles. The van der Waals surface area contributed by atoms with Crippen molar-refractivity contribution in [1.29, 1.82) is 0 Å². The predicted octanol–water partition coefficient (Wildman–Crippen LogP) is 5.01. The molecule has 3 aromatic rings. The molecule has 1 amide bonds. The van der Waals surface area contributed by atoms with Gasteiger partial charge in [0, 0.05) is 11.1 Å². The molecule has 0 aliphatic carbocycles. The van der Waals surface area contributed by atoms with Gasteiger partial charge in [0.25, 0.3) is 0 Å². The third-order valence-corrected chi connectivity index (χ3v) is 5.03. The standard InChI is InChI=1S/C22H21F3N4O3S/c1-3-32-18-8-7-14(9-19(18)31-2)12-26-29-20(30)11-17-13-33-21(28-17)27-16-6-4-5-15(10-16)22(23,24)25/h4-10,12-13H,3,11H2,1-2H3,(H,27,28)(H,29,30)/b26-12+. The number of rotatable bonds is 9. The molecular weight excluding hydrogens is 457 g/mol. The molecule has 0 atom stereocenters. The topological polar surface area (TPSA) is 84.8 Å². The first-order chi connectivity index (χ1) is 15.8. The first kappa shape index (κ1) is 24.1. The maximum Gasteiger partial charge on any atom is 0.416 e. The summed E-state index contributed by atoms with van der Waals surface area (Å²) < 4.78 is 49.3. The number of nitrogens with zero attached hydrogens (tertiary/aromatic N) is 2. The highest BCUT2D eigenvalue weighted by Crippen LogP contribution is 2.32. The van der Waals surface area contributed by atoms with Gasteiger partial charge in [0.2, 0.25) is 5.91 Å². The Balaban J connectivity index is 1.55. The van der Waals surface area contributed by atoms with Crippen molar-refractivity contribution in [2.24, 2.45) is 5.10 Å². The highest BCUT2D eigenvalue weighted by molar-refractivity contribution is 7.13. The molecule has 11 heteroatoms. The Morgan fingerprint density at radius 1 is 1.21 bits per heavy atom. The Hall–Kier alpha value is -3.60. The minimum atomic E-state index is -4.43. The molecule has 0 radical (unpaired) electrons. The van der Waals surface area contributed by atoms with Crippen molar-refractivity contribution in [3.8, 4) is 11.5 Å². The second-order valence-electron chi connectivity index (χ2n) is 6.66. The number of alkyl halides is 3.